The van der Waals surface area contributed by atoms with Crippen molar-refractivity contribution >= 4 is 16.8 Å². The van der Waals surface area contributed by atoms with E-state index in [1.807, 2.05) is 6.92 Å². The fourth-order valence-corrected chi connectivity index (χ4v) is 3.73. The summed E-state index contributed by atoms with van der Waals surface area (Å²) in [4.78, 5) is 25.5. The number of H-pyrrole nitrogens is 1. The molecule has 2 aromatic heterocycles. The van der Waals surface area contributed by atoms with Crippen molar-refractivity contribution < 1.29 is 19.0 Å². The standard InChI is InChI=1S/C21H24FN5O3/c1-14-16-8-15(22)2-3-17(16)26-19(14)10-27-6-7-30-13-21(29,12-27)11-25-20(28)18-9-23-4-5-24-18/h2-5,8-9,26,29H,6-7,10-13H2,1H3,(H,25,28)/t21-/m1/s1. The zero-order chi connectivity index (χ0) is 21.1. The van der Waals surface area contributed by atoms with Crippen molar-refractivity contribution in [3.05, 3.63) is 59.6 Å². The van der Waals surface area contributed by atoms with E-state index in [4.69, 9.17) is 4.74 Å². The van der Waals surface area contributed by atoms with Gasteiger partial charge < -0.3 is 20.1 Å². The minimum absolute atomic E-state index is 0.0236. The topological polar surface area (TPSA) is 103 Å². The van der Waals surface area contributed by atoms with Gasteiger partial charge in [-0.2, -0.15) is 0 Å². The van der Waals surface area contributed by atoms with Crippen LogP contribution in [0.4, 0.5) is 4.39 Å². The maximum atomic E-state index is 13.6. The van der Waals surface area contributed by atoms with Gasteiger partial charge in [0.05, 0.1) is 26.0 Å². The van der Waals surface area contributed by atoms with E-state index in [0.29, 0.717) is 26.2 Å². The number of halogens is 1. The molecule has 3 N–H and O–H groups in total. The van der Waals surface area contributed by atoms with Gasteiger partial charge in [0.1, 0.15) is 17.1 Å². The van der Waals surface area contributed by atoms with Crippen LogP contribution in [-0.2, 0) is 11.3 Å². The molecule has 4 rings (SSSR count). The van der Waals surface area contributed by atoms with Crippen LogP contribution in [0.25, 0.3) is 10.9 Å². The molecular weight excluding hydrogens is 389 g/mol. The van der Waals surface area contributed by atoms with Gasteiger partial charge in [0, 0.05) is 48.6 Å². The number of carbonyl (C=O) groups is 1. The molecule has 3 aromatic rings. The van der Waals surface area contributed by atoms with E-state index < -0.39 is 11.5 Å². The van der Waals surface area contributed by atoms with Gasteiger partial charge in [-0.05, 0) is 30.7 Å². The first-order chi connectivity index (χ1) is 14.4. The lowest BCUT2D eigenvalue weighted by molar-refractivity contribution is -0.0346. The number of β-amino-alcohol motifs (C(OH)–C–C–N with tert-alkyl or cyclic N) is 1. The fourth-order valence-electron chi connectivity index (χ4n) is 3.73. The van der Waals surface area contributed by atoms with Crippen molar-refractivity contribution in [1.82, 2.24) is 25.2 Å². The Balaban J connectivity index is 1.45. The maximum Gasteiger partial charge on any atom is 0.271 e. The van der Waals surface area contributed by atoms with Crippen LogP contribution in [0.5, 0.6) is 0 Å². The molecule has 0 aliphatic carbocycles. The van der Waals surface area contributed by atoms with E-state index in [9.17, 15) is 14.3 Å². The summed E-state index contributed by atoms with van der Waals surface area (Å²) in [7, 11) is 0. The van der Waals surface area contributed by atoms with Gasteiger partial charge in [-0.15, -0.1) is 0 Å². The number of ether oxygens (including phenoxy) is 1. The van der Waals surface area contributed by atoms with Gasteiger partial charge in [-0.1, -0.05) is 0 Å². The first-order valence-electron chi connectivity index (χ1n) is 9.77. The average molecular weight is 413 g/mol. The lowest BCUT2D eigenvalue weighted by Gasteiger charge is -2.30. The number of aromatic amines is 1. The molecule has 30 heavy (non-hydrogen) atoms. The number of carbonyl (C=O) groups excluding carboxylic acids is 1. The number of aryl methyl sites for hydroxylation is 1. The Morgan fingerprint density at radius 2 is 2.30 bits per heavy atom. The summed E-state index contributed by atoms with van der Waals surface area (Å²) in [6.45, 7) is 4.05. The Kier molecular flexibility index (Phi) is 5.76. The smallest absolute Gasteiger partial charge is 0.271 e. The zero-order valence-corrected chi connectivity index (χ0v) is 16.7. The van der Waals surface area contributed by atoms with E-state index in [1.54, 1.807) is 6.07 Å². The van der Waals surface area contributed by atoms with Crippen molar-refractivity contribution in [2.24, 2.45) is 0 Å². The fraction of sp³-hybridized carbons (Fsp3) is 0.381. The normalized spacial score (nSPS) is 20.2. The predicted molar refractivity (Wildman–Crippen MR) is 108 cm³/mol. The Morgan fingerprint density at radius 1 is 1.43 bits per heavy atom. The third kappa shape index (κ3) is 4.48. The molecule has 0 spiro atoms. The molecule has 1 aromatic carbocycles. The number of rotatable bonds is 5. The molecule has 1 amide bonds. The number of fused-ring (bicyclic) bond motifs is 1. The van der Waals surface area contributed by atoms with Crippen molar-refractivity contribution in [2.45, 2.75) is 19.1 Å². The van der Waals surface area contributed by atoms with Gasteiger partial charge >= 0.3 is 0 Å². The highest BCUT2D eigenvalue weighted by Crippen LogP contribution is 2.24. The summed E-state index contributed by atoms with van der Waals surface area (Å²) >= 11 is 0. The second-order valence-corrected chi connectivity index (χ2v) is 7.68. The lowest BCUT2D eigenvalue weighted by Crippen LogP contribution is -2.52. The van der Waals surface area contributed by atoms with Crippen LogP contribution in [0.3, 0.4) is 0 Å². The van der Waals surface area contributed by atoms with E-state index in [0.717, 1.165) is 22.2 Å². The number of nitrogens with one attached hydrogen (secondary N) is 2. The molecule has 0 unspecified atom stereocenters. The SMILES string of the molecule is Cc1c(CN2CCOC[C@@](O)(CNC(=O)c3cnccn3)C2)[nH]c2ccc(F)cc12. The molecule has 1 fully saturated rings. The molecule has 0 bridgehead atoms. The predicted octanol–water partition coefficient (Wildman–Crippen LogP) is 1.40. The van der Waals surface area contributed by atoms with Crippen molar-refractivity contribution in [2.75, 3.05) is 32.8 Å². The third-order valence-electron chi connectivity index (χ3n) is 5.32. The summed E-state index contributed by atoms with van der Waals surface area (Å²) in [6, 6.07) is 4.68. The molecular formula is C21H24FN5O3. The van der Waals surface area contributed by atoms with Crippen LogP contribution >= 0.6 is 0 Å². The second-order valence-electron chi connectivity index (χ2n) is 7.68. The summed E-state index contributed by atoms with van der Waals surface area (Å²) in [5.41, 5.74) is 1.76. The quantitative estimate of drug-likeness (QED) is 0.584. The largest absolute Gasteiger partial charge is 0.384 e. The molecule has 1 aliphatic rings. The third-order valence-corrected chi connectivity index (χ3v) is 5.32. The van der Waals surface area contributed by atoms with Crippen LogP contribution in [0.1, 0.15) is 21.7 Å². The molecule has 8 nitrogen and oxygen atoms in total. The van der Waals surface area contributed by atoms with Crippen molar-refractivity contribution in [3.63, 3.8) is 0 Å². The molecule has 1 aliphatic heterocycles. The highest BCUT2D eigenvalue weighted by molar-refractivity contribution is 5.91. The number of hydrogen-bond donors (Lipinski definition) is 3. The number of hydrogen-bond acceptors (Lipinski definition) is 6. The Labute approximate surface area is 173 Å². The molecule has 1 atom stereocenters. The molecule has 1 saturated heterocycles. The van der Waals surface area contributed by atoms with Crippen LogP contribution in [0, 0.1) is 12.7 Å². The minimum atomic E-state index is -1.25. The molecule has 0 saturated carbocycles. The molecule has 3 heterocycles. The van der Waals surface area contributed by atoms with Gasteiger partial charge in [0.2, 0.25) is 0 Å². The highest BCUT2D eigenvalue weighted by atomic mass is 19.1. The lowest BCUT2D eigenvalue weighted by atomic mass is 10.0. The molecule has 0 radical (unpaired) electrons. The van der Waals surface area contributed by atoms with Crippen LogP contribution in [0.15, 0.2) is 36.8 Å². The van der Waals surface area contributed by atoms with E-state index >= 15 is 0 Å². The summed E-state index contributed by atoms with van der Waals surface area (Å²) in [5.74, 6) is -0.673. The first kappa shape index (κ1) is 20.4. The Bertz CT molecular complexity index is 1040. The summed E-state index contributed by atoms with van der Waals surface area (Å²) in [5, 5.41) is 14.6. The van der Waals surface area contributed by atoms with Gasteiger partial charge in [-0.3, -0.25) is 14.7 Å². The average Bonchev–Trinajstić information content (AvgIpc) is 2.92. The maximum absolute atomic E-state index is 13.6. The highest BCUT2D eigenvalue weighted by Gasteiger charge is 2.33. The molecule has 9 heteroatoms. The Hall–Kier alpha value is -2.88. The van der Waals surface area contributed by atoms with Crippen LogP contribution in [-0.4, -0.2) is 69.3 Å². The number of nitrogens with zero attached hydrogens (tertiary/aromatic N) is 3. The van der Waals surface area contributed by atoms with E-state index in [-0.39, 0.29) is 24.7 Å². The van der Waals surface area contributed by atoms with Gasteiger partial charge in [0.25, 0.3) is 5.91 Å². The zero-order valence-electron chi connectivity index (χ0n) is 16.7. The monoisotopic (exact) mass is 413 g/mol. The van der Waals surface area contributed by atoms with Gasteiger partial charge in [-0.25, -0.2) is 9.37 Å². The number of amides is 1. The summed E-state index contributed by atoms with van der Waals surface area (Å²) in [6.07, 6.45) is 4.30. The number of aromatic nitrogens is 3. The molecule has 158 valence electrons. The minimum Gasteiger partial charge on any atom is -0.384 e. The van der Waals surface area contributed by atoms with Crippen molar-refractivity contribution in [1.29, 1.82) is 0 Å². The number of aliphatic hydroxyl groups is 1. The Morgan fingerprint density at radius 3 is 3.10 bits per heavy atom. The summed E-state index contributed by atoms with van der Waals surface area (Å²) < 4.78 is 19.2. The second kappa shape index (κ2) is 8.47. The number of benzene rings is 1. The van der Waals surface area contributed by atoms with Crippen LogP contribution < -0.4 is 5.32 Å². The van der Waals surface area contributed by atoms with E-state index in [2.05, 4.69) is 25.2 Å². The van der Waals surface area contributed by atoms with Crippen LogP contribution in [0.2, 0.25) is 0 Å². The first-order valence-corrected chi connectivity index (χ1v) is 9.77. The van der Waals surface area contributed by atoms with E-state index in [1.165, 1.54) is 30.7 Å². The van der Waals surface area contributed by atoms with Crippen molar-refractivity contribution in [3.8, 4) is 0 Å². The van der Waals surface area contributed by atoms with Gasteiger partial charge in [0.15, 0.2) is 0 Å².